The summed E-state index contributed by atoms with van der Waals surface area (Å²) in [5.41, 5.74) is -0.585. The van der Waals surface area contributed by atoms with Crippen LogP contribution in [0.2, 0.25) is 0 Å². The zero-order valence-electron chi connectivity index (χ0n) is 10.1. The number of alkyl halides is 3. The topological polar surface area (TPSA) is 97.1 Å². The zero-order valence-corrected chi connectivity index (χ0v) is 10.1. The van der Waals surface area contributed by atoms with Crippen LogP contribution < -0.4 is 5.32 Å². The number of aromatic carboxylic acids is 1. The smallest absolute Gasteiger partial charge is 0.471 e. The number of halogens is 3. The average molecular weight is 300 g/mol. The number of hydrogen-bond acceptors (Lipinski definition) is 4. The van der Waals surface area contributed by atoms with Crippen molar-refractivity contribution in [3.05, 3.63) is 36.2 Å². The van der Waals surface area contributed by atoms with Gasteiger partial charge in [-0.05, 0) is 12.1 Å². The molecule has 110 valence electrons. The van der Waals surface area contributed by atoms with E-state index in [1.807, 2.05) is 0 Å². The number of aromatic nitrogens is 3. The van der Waals surface area contributed by atoms with Crippen LogP contribution in [0.1, 0.15) is 10.4 Å². The Kier molecular flexibility index (Phi) is 3.61. The molecule has 2 aromatic rings. The van der Waals surface area contributed by atoms with E-state index in [4.69, 9.17) is 5.11 Å². The van der Waals surface area contributed by atoms with Gasteiger partial charge in [-0.1, -0.05) is 6.07 Å². The van der Waals surface area contributed by atoms with Crippen molar-refractivity contribution in [3.63, 3.8) is 0 Å². The van der Waals surface area contributed by atoms with Gasteiger partial charge in [0.25, 0.3) is 0 Å². The standard InChI is InChI=1S/C11H7F3N4O3/c12-11(13,14)10(21)17-8-6(9(19)20)5-16-18(8)7-3-1-2-4-15-7/h1-5H,(H,17,21)(H,19,20). The van der Waals surface area contributed by atoms with Gasteiger partial charge in [-0.3, -0.25) is 4.79 Å². The largest absolute Gasteiger partial charge is 0.477 e. The number of hydrogen-bond donors (Lipinski definition) is 2. The minimum Gasteiger partial charge on any atom is -0.477 e. The zero-order chi connectivity index (χ0) is 15.6. The molecule has 1 amide bonds. The number of rotatable bonds is 3. The lowest BCUT2D eigenvalue weighted by atomic mass is 10.3. The number of carboxylic acids is 1. The maximum Gasteiger partial charge on any atom is 0.471 e. The molecule has 0 radical (unpaired) electrons. The van der Waals surface area contributed by atoms with Gasteiger partial charge in [0.05, 0.1) is 6.20 Å². The van der Waals surface area contributed by atoms with Crippen molar-refractivity contribution in [1.29, 1.82) is 0 Å². The van der Waals surface area contributed by atoms with Crippen LogP contribution in [0.5, 0.6) is 0 Å². The summed E-state index contributed by atoms with van der Waals surface area (Å²) < 4.78 is 37.7. The minimum atomic E-state index is -5.16. The molecule has 0 bridgehead atoms. The van der Waals surface area contributed by atoms with Gasteiger partial charge in [-0.25, -0.2) is 9.78 Å². The van der Waals surface area contributed by atoms with Crippen LogP contribution in [0, 0.1) is 0 Å². The van der Waals surface area contributed by atoms with Gasteiger partial charge < -0.3 is 10.4 Å². The molecule has 10 heteroatoms. The van der Waals surface area contributed by atoms with E-state index in [0.717, 1.165) is 10.9 Å². The summed E-state index contributed by atoms with van der Waals surface area (Å²) in [5.74, 6) is -4.40. The molecule has 7 nitrogen and oxygen atoms in total. The Balaban J connectivity index is 2.49. The van der Waals surface area contributed by atoms with Gasteiger partial charge in [-0.15, -0.1) is 0 Å². The van der Waals surface area contributed by atoms with E-state index in [9.17, 15) is 22.8 Å². The molecule has 0 aliphatic rings. The lowest BCUT2D eigenvalue weighted by Gasteiger charge is -2.10. The minimum absolute atomic E-state index is 0.0578. The predicted octanol–water partition coefficient (Wildman–Crippen LogP) is 1.47. The van der Waals surface area contributed by atoms with Gasteiger partial charge in [0.15, 0.2) is 11.6 Å². The molecule has 21 heavy (non-hydrogen) atoms. The lowest BCUT2D eigenvalue weighted by Crippen LogP contribution is -2.31. The Morgan fingerprint density at radius 3 is 2.52 bits per heavy atom. The first-order chi connectivity index (χ1) is 9.80. The van der Waals surface area contributed by atoms with Crippen LogP contribution in [-0.4, -0.2) is 37.9 Å². The molecular formula is C11H7F3N4O3. The van der Waals surface area contributed by atoms with Crippen LogP contribution in [0.3, 0.4) is 0 Å². The molecule has 2 heterocycles. The Morgan fingerprint density at radius 1 is 1.29 bits per heavy atom. The van der Waals surface area contributed by atoms with Crippen molar-refractivity contribution in [1.82, 2.24) is 14.8 Å². The van der Waals surface area contributed by atoms with Crippen molar-refractivity contribution >= 4 is 17.7 Å². The second kappa shape index (κ2) is 5.23. The van der Waals surface area contributed by atoms with Crippen molar-refractivity contribution in [2.24, 2.45) is 0 Å². The number of pyridine rings is 1. The number of nitrogens with one attached hydrogen (secondary N) is 1. The highest BCUT2D eigenvalue weighted by atomic mass is 19.4. The normalized spacial score (nSPS) is 11.2. The summed E-state index contributed by atoms with van der Waals surface area (Å²) >= 11 is 0. The molecule has 0 unspecified atom stereocenters. The highest BCUT2D eigenvalue weighted by molar-refractivity contribution is 6.01. The Labute approximate surface area is 115 Å². The second-order valence-corrected chi connectivity index (χ2v) is 3.76. The number of carboxylic acid groups (broad SMARTS) is 1. The third kappa shape index (κ3) is 2.99. The number of carbonyl (C=O) groups is 2. The van der Waals surface area contributed by atoms with E-state index < -0.39 is 29.4 Å². The Hall–Kier alpha value is -2.91. The van der Waals surface area contributed by atoms with Gasteiger partial charge in [0, 0.05) is 6.20 Å². The molecule has 0 spiro atoms. The first kappa shape index (κ1) is 14.5. The molecule has 0 aliphatic carbocycles. The SMILES string of the molecule is O=C(O)c1cnn(-c2ccccn2)c1NC(=O)C(F)(F)F. The first-order valence-electron chi connectivity index (χ1n) is 5.41. The third-order valence-corrected chi connectivity index (χ3v) is 2.36. The van der Waals surface area contributed by atoms with Crippen LogP contribution in [0.15, 0.2) is 30.6 Å². The summed E-state index contributed by atoms with van der Waals surface area (Å²) in [7, 11) is 0. The van der Waals surface area contributed by atoms with E-state index in [2.05, 4.69) is 10.1 Å². The number of amides is 1. The maximum absolute atomic E-state index is 12.3. The van der Waals surface area contributed by atoms with Crippen LogP contribution in [0.4, 0.5) is 19.0 Å². The highest BCUT2D eigenvalue weighted by Gasteiger charge is 2.40. The quantitative estimate of drug-likeness (QED) is 0.894. The van der Waals surface area contributed by atoms with Crippen LogP contribution in [0.25, 0.3) is 5.82 Å². The summed E-state index contributed by atoms with van der Waals surface area (Å²) in [6.45, 7) is 0. The number of nitrogens with zero attached hydrogens (tertiary/aromatic N) is 3. The van der Waals surface area contributed by atoms with E-state index in [1.54, 1.807) is 6.07 Å². The van der Waals surface area contributed by atoms with Gasteiger partial charge in [-0.2, -0.15) is 23.0 Å². The highest BCUT2D eigenvalue weighted by Crippen LogP contribution is 2.23. The lowest BCUT2D eigenvalue weighted by molar-refractivity contribution is -0.167. The van der Waals surface area contributed by atoms with Crippen molar-refractivity contribution < 1.29 is 27.9 Å². The van der Waals surface area contributed by atoms with Crippen molar-refractivity contribution in [3.8, 4) is 5.82 Å². The van der Waals surface area contributed by atoms with Crippen LogP contribution >= 0.6 is 0 Å². The molecular weight excluding hydrogens is 293 g/mol. The predicted molar refractivity (Wildman–Crippen MR) is 63.0 cm³/mol. The van der Waals surface area contributed by atoms with E-state index >= 15 is 0 Å². The van der Waals surface area contributed by atoms with Crippen LogP contribution in [-0.2, 0) is 4.79 Å². The number of carbonyl (C=O) groups excluding carboxylic acids is 1. The average Bonchev–Trinajstić information content (AvgIpc) is 2.82. The van der Waals surface area contributed by atoms with E-state index in [0.29, 0.717) is 0 Å². The molecule has 2 N–H and O–H groups in total. The molecule has 0 saturated carbocycles. The van der Waals surface area contributed by atoms with E-state index in [1.165, 1.54) is 23.6 Å². The molecule has 0 atom stereocenters. The molecule has 0 fully saturated rings. The molecule has 0 aromatic carbocycles. The molecule has 0 saturated heterocycles. The van der Waals surface area contributed by atoms with Gasteiger partial charge in [0.2, 0.25) is 0 Å². The van der Waals surface area contributed by atoms with Gasteiger partial charge >= 0.3 is 18.1 Å². The maximum atomic E-state index is 12.3. The third-order valence-electron chi connectivity index (χ3n) is 2.36. The summed E-state index contributed by atoms with van der Waals surface area (Å²) in [6.07, 6.45) is -3.00. The van der Waals surface area contributed by atoms with E-state index in [-0.39, 0.29) is 5.82 Å². The molecule has 0 aliphatic heterocycles. The molecule has 2 aromatic heterocycles. The number of anilines is 1. The first-order valence-corrected chi connectivity index (χ1v) is 5.41. The Bertz CT molecular complexity index is 682. The monoisotopic (exact) mass is 300 g/mol. The molecule has 2 rings (SSSR count). The summed E-state index contributed by atoms with van der Waals surface area (Å²) in [6, 6.07) is 4.47. The Morgan fingerprint density at radius 2 is 2.00 bits per heavy atom. The fourth-order valence-corrected chi connectivity index (χ4v) is 1.46. The fourth-order valence-electron chi connectivity index (χ4n) is 1.46. The fraction of sp³-hybridized carbons (Fsp3) is 0.0909. The van der Waals surface area contributed by atoms with Crippen molar-refractivity contribution in [2.45, 2.75) is 6.18 Å². The second-order valence-electron chi connectivity index (χ2n) is 3.76. The summed E-state index contributed by atoms with van der Waals surface area (Å²) in [4.78, 5) is 25.8. The van der Waals surface area contributed by atoms with Gasteiger partial charge in [0.1, 0.15) is 5.56 Å². The summed E-state index contributed by atoms with van der Waals surface area (Å²) in [5, 5.41) is 14.1. The van der Waals surface area contributed by atoms with Crippen molar-refractivity contribution in [2.75, 3.05) is 5.32 Å².